The monoisotopic (exact) mass is 238 g/mol. The van der Waals surface area contributed by atoms with E-state index in [1.807, 2.05) is 0 Å². The van der Waals surface area contributed by atoms with E-state index in [0.29, 0.717) is 17.1 Å². The largest absolute Gasteiger partial charge is 0.308 e. The SMILES string of the molecule is CCC1(CC)CN(C(C)C)C(C)(C2CC2)CN1. The summed E-state index contributed by atoms with van der Waals surface area (Å²) in [5.41, 5.74) is 0.765. The fourth-order valence-electron chi connectivity index (χ4n) is 3.61. The molecule has 0 radical (unpaired) electrons. The van der Waals surface area contributed by atoms with E-state index in [1.54, 1.807) is 0 Å². The summed E-state index contributed by atoms with van der Waals surface area (Å²) in [5.74, 6) is 0.934. The maximum absolute atomic E-state index is 3.89. The van der Waals surface area contributed by atoms with Gasteiger partial charge in [0.15, 0.2) is 0 Å². The summed E-state index contributed by atoms with van der Waals surface area (Å²) in [7, 11) is 0. The summed E-state index contributed by atoms with van der Waals surface area (Å²) in [6.45, 7) is 14.3. The Hall–Kier alpha value is -0.0800. The maximum atomic E-state index is 3.89. The zero-order valence-corrected chi connectivity index (χ0v) is 12.3. The fraction of sp³-hybridized carbons (Fsp3) is 1.00. The predicted molar refractivity (Wildman–Crippen MR) is 74.3 cm³/mol. The van der Waals surface area contributed by atoms with E-state index in [2.05, 4.69) is 44.8 Å². The smallest absolute Gasteiger partial charge is 0.0337 e. The first kappa shape index (κ1) is 13.4. The number of nitrogens with one attached hydrogen (secondary N) is 1. The number of piperazine rings is 1. The zero-order valence-electron chi connectivity index (χ0n) is 12.3. The molecule has 0 bridgehead atoms. The molecule has 0 aromatic rings. The Balaban J connectivity index is 2.18. The Labute approximate surface area is 107 Å². The van der Waals surface area contributed by atoms with Crippen molar-refractivity contribution in [3.05, 3.63) is 0 Å². The van der Waals surface area contributed by atoms with Crippen molar-refractivity contribution in [3.63, 3.8) is 0 Å². The van der Waals surface area contributed by atoms with Gasteiger partial charge in [-0.15, -0.1) is 0 Å². The third-order valence-electron chi connectivity index (χ3n) is 5.38. The van der Waals surface area contributed by atoms with Gasteiger partial charge in [-0.2, -0.15) is 0 Å². The Morgan fingerprint density at radius 1 is 1.24 bits per heavy atom. The Morgan fingerprint density at radius 2 is 1.82 bits per heavy atom. The molecule has 2 fully saturated rings. The zero-order chi connectivity index (χ0) is 12.7. The molecule has 1 aliphatic heterocycles. The summed E-state index contributed by atoms with van der Waals surface area (Å²) in [6.07, 6.45) is 5.36. The second kappa shape index (κ2) is 4.55. The minimum Gasteiger partial charge on any atom is -0.308 e. The molecule has 1 unspecified atom stereocenters. The highest BCUT2D eigenvalue weighted by atomic mass is 15.3. The lowest BCUT2D eigenvalue weighted by atomic mass is 9.81. The van der Waals surface area contributed by atoms with Gasteiger partial charge >= 0.3 is 0 Å². The van der Waals surface area contributed by atoms with Crippen LogP contribution in [0, 0.1) is 5.92 Å². The van der Waals surface area contributed by atoms with Crippen LogP contribution in [0.5, 0.6) is 0 Å². The first-order valence-electron chi connectivity index (χ1n) is 7.49. The van der Waals surface area contributed by atoms with Crippen LogP contribution in [-0.2, 0) is 0 Å². The lowest BCUT2D eigenvalue weighted by molar-refractivity contribution is -0.0236. The molecule has 0 aromatic carbocycles. The van der Waals surface area contributed by atoms with Crippen molar-refractivity contribution < 1.29 is 0 Å². The van der Waals surface area contributed by atoms with Gasteiger partial charge in [0.2, 0.25) is 0 Å². The minimum atomic E-state index is 0.360. The van der Waals surface area contributed by atoms with Gasteiger partial charge < -0.3 is 5.32 Å². The van der Waals surface area contributed by atoms with Crippen molar-refractivity contribution in [2.45, 2.75) is 77.4 Å². The maximum Gasteiger partial charge on any atom is 0.0337 e. The van der Waals surface area contributed by atoms with Crippen LogP contribution in [0.3, 0.4) is 0 Å². The molecule has 2 nitrogen and oxygen atoms in total. The molecular formula is C15H30N2. The Bertz CT molecular complexity index is 266. The summed E-state index contributed by atoms with van der Waals surface area (Å²) < 4.78 is 0. The van der Waals surface area contributed by atoms with Crippen molar-refractivity contribution in [2.24, 2.45) is 5.92 Å². The molecule has 0 aromatic heterocycles. The number of hydrogen-bond donors (Lipinski definition) is 1. The van der Waals surface area contributed by atoms with E-state index in [0.717, 1.165) is 5.92 Å². The lowest BCUT2D eigenvalue weighted by Crippen LogP contribution is -2.71. The fourth-order valence-corrected chi connectivity index (χ4v) is 3.61. The molecule has 1 saturated heterocycles. The molecule has 1 atom stereocenters. The van der Waals surface area contributed by atoms with E-state index >= 15 is 0 Å². The Morgan fingerprint density at radius 3 is 2.24 bits per heavy atom. The van der Waals surface area contributed by atoms with Crippen molar-refractivity contribution in [1.82, 2.24) is 10.2 Å². The second-order valence-corrected chi connectivity index (χ2v) is 6.69. The summed E-state index contributed by atoms with van der Waals surface area (Å²) >= 11 is 0. The van der Waals surface area contributed by atoms with Gasteiger partial charge in [-0.3, -0.25) is 4.90 Å². The molecule has 1 aliphatic carbocycles. The number of nitrogens with zero attached hydrogens (tertiary/aromatic N) is 1. The average Bonchev–Trinajstić information content (AvgIpc) is 3.14. The van der Waals surface area contributed by atoms with Crippen LogP contribution in [-0.4, -0.2) is 35.1 Å². The highest BCUT2D eigenvalue weighted by Crippen LogP contribution is 2.46. The highest BCUT2D eigenvalue weighted by molar-refractivity contribution is 5.09. The van der Waals surface area contributed by atoms with Gasteiger partial charge in [0.05, 0.1) is 0 Å². The van der Waals surface area contributed by atoms with Gasteiger partial charge in [0, 0.05) is 30.2 Å². The second-order valence-electron chi connectivity index (χ2n) is 6.69. The van der Waals surface area contributed by atoms with Crippen molar-refractivity contribution >= 4 is 0 Å². The van der Waals surface area contributed by atoms with Gasteiger partial charge in [-0.25, -0.2) is 0 Å². The van der Waals surface area contributed by atoms with Crippen LogP contribution in [0.25, 0.3) is 0 Å². The van der Waals surface area contributed by atoms with Crippen LogP contribution in [0.4, 0.5) is 0 Å². The molecule has 1 heterocycles. The summed E-state index contributed by atoms with van der Waals surface area (Å²) in [4.78, 5) is 2.79. The molecule has 2 heteroatoms. The predicted octanol–water partition coefficient (Wildman–Crippen LogP) is 3.03. The number of rotatable bonds is 4. The average molecular weight is 238 g/mol. The van der Waals surface area contributed by atoms with Gasteiger partial charge in [0.25, 0.3) is 0 Å². The lowest BCUT2D eigenvalue weighted by Gasteiger charge is -2.55. The van der Waals surface area contributed by atoms with E-state index in [4.69, 9.17) is 0 Å². The molecule has 0 amide bonds. The third-order valence-corrected chi connectivity index (χ3v) is 5.38. The van der Waals surface area contributed by atoms with Crippen molar-refractivity contribution in [1.29, 1.82) is 0 Å². The van der Waals surface area contributed by atoms with Crippen LogP contribution < -0.4 is 5.32 Å². The molecule has 2 rings (SSSR count). The van der Waals surface area contributed by atoms with Crippen LogP contribution >= 0.6 is 0 Å². The van der Waals surface area contributed by atoms with Crippen molar-refractivity contribution in [2.75, 3.05) is 13.1 Å². The van der Waals surface area contributed by atoms with Gasteiger partial charge in [-0.05, 0) is 52.4 Å². The van der Waals surface area contributed by atoms with E-state index in [1.165, 1.54) is 38.8 Å². The van der Waals surface area contributed by atoms with E-state index < -0.39 is 0 Å². The van der Waals surface area contributed by atoms with E-state index in [-0.39, 0.29) is 0 Å². The molecule has 2 aliphatic rings. The normalized spacial score (nSPS) is 34.2. The molecule has 17 heavy (non-hydrogen) atoms. The standard InChI is InChI=1S/C15H30N2/c1-6-15(7-2)11-17(12(3)4)14(5,10-16-15)13-8-9-13/h12-13,16H,6-11H2,1-5H3. The molecule has 1 saturated carbocycles. The van der Waals surface area contributed by atoms with E-state index in [9.17, 15) is 0 Å². The first-order chi connectivity index (χ1) is 7.97. The van der Waals surface area contributed by atoms with Crippen molar-refractivity contribution in [3.8, 4) is 0 Å². The number of hydrogen-bond acceptors (Lipinski definition) is 2. The highest BCUT2D eigenvalue weighted by Gasteiger charge is 2.51. The first-order valence-corrected chi connectivity index (χ1v) is 7.49. The molecule has 1 N–H and O–H groups in total. The molecule has 100 valence electrons. The summed E-state index contributed by atoms with van der Waals surface area (Å²) in [5, 5.41) is 3.89. The van der Waals surface area contributed by atoms with Gasteiger partial charge in [0.1, 0.15) is 0 Å². The Kier molecular flexibility index (Phi) is 3.57. The minimum absolute atomic E-state index is 0.360. The van der Waals surface area contributed by atoms with Crippen LogP contribution in [0.2, 0.25) is 0 Å². The van der Waals surface area contributed by atoms with Crippen LogP contribution in [0.1, 0.15) is 60.3 Å². The summed E-state index contributed by atoms with van der Waals surface area (Å²) in [6, 6.07) is 0.667. The third kappa shape index (κ3) is 2.26. The quantitative estimate of drug-likeness (QED) is 0.810. The van der Waals surface area contributed by atoms with Crippen LogP contribution in [0.15, 0.2) is 0 Å². The molecular weight excluding hydrogens is 208 g/mol. The van der Waals surface area contributed by atoms with Gasteiger partial charge in [-0.1, -0.05) is 13.8 Å². The molecule has 0 spiro atoms. The topological polar surface area (TPSA) is 15.3 Å².